The van der Waals surface area contributed by atoms with Crippen molar-refractivity contribution in [2.24, 2.45) is 5.41 Å². The molecule has 126 valence electrons. The number of nitrogens with zero attached hydrogens (tertiary/aromatic N) is 1. The summed E-state index contributed by atoms with van der Waals surface area (Å²) < 4.78 is 5.72. The third-order valence-corrected chi connectivity index (χ3v) is 3.79. The second-order valence-corrected chi connectivity index (χ2v) is 7.79. The molecule has 0 aromatic rings. The highest BCUT2D eigenvalue weighted by molar-refractivity contribution is 4.78. The van der Waals surface area contributed by atoms with Crippen molar-refractivity contribution in [2.45, 2.75) is 59.5 Å². The Hall–Kier alpha value is -0.160. The Kier molecular flexibility index (Phi) is 8.79. The first-order valence-electron chi connectivity index (χ1n) is 8.64. The third-order valence-electron chi connectivity index (χ3n) is 3.79. The van der Waals surface area contributed by atoms with Crippen LogP contribution in [-0.4, -0.2) is 62.9 Å². The van der Waals surface area contributed by atoms with E-state index in [1.165, 1.54) is 25.9 Å². The van der Waals surface area contributed by atoms with Gasteiger partial charge in [-0.3, -0.25) is 0 Å². The molecule has 1 rings (SSSR count). The first-order chi connectivity index (χ1) is 9.87. The predicted octanol–water partition coefficient (Wildman–Crippen LogP) is 2.10. The van der Waals surface area contributed by atoms with E-state index >= 15 is 0 Å². The van der Waals surface area contributed by atoms with E-state index in [1.54, 1.807) is 0 Å². The Morgan fingerprint density at radius 3 is 2.38 bits per heavy atom. The molecule has 21 heavy (non-hydrogen) atoms. The highest BCUT2D eigenvalue weighted by Crippen LogP contribution is 2.11. The van der Waals surface area contributed by atoms with E-state index in [1.807, 2.05) is 0 Å². The summed E-state index contributed by atoms with van der Waals surface area (Å²) in [6.07, 6.45) is 2.54. The Balaban J connectivity index is 1.93. The zero-order valence-electron chi connectivity index (χ0n) is 14.9. The van der Waals surface area contributed by atoms with Crippen molar-refractivity contribution in [3.63, 3.8) is 0 Å². The molecule has 1 heterocycles. The minimum atomic E-state index is 0.356. The minimum absolute atomic E-state index is 0.356. The van der Waals surface area contributed by atoms with Crippen LogP contribution in [0.15, 0.2) is 0 Å². The van der Waals surface area contributed by atoms with E-state index in [4.69, 9.17) is 4.74 Å². The summed E-state index contributed by atoms with van der Waals surface area (Å²) >= 11 is 0. The van der Waals surface area contributed by atoms with Gasteiger partial charge in [0, 0.05) is 31.7 Å². The zero-order valence-corrected chi connectivity index (χ0v) is 14.9. The number of ether oxygens (including phenoxy) is 1. The van der Waals surface area contributed by atoms with Gasteiger partial charge in [-0.25, -0.2) is 0 Å². The zero-order chi connectivity index (χ0) is 15.7. The van der Waals surface area contributed by atoms with Crippen molar-refractivity contribution >= 4 is 0 Å². The summed E-state index contributed by atoms with van der Waals surface area (Å²) in [5, 5.41) is 7.08. The first-order valence-corrected chi connectivity index (χ1v) is 8.64. The van der Waals surface area contributed by atoms with Gasteiger partial charge in [0.1, 0.15) is 0 Å². The molecule has 0 radical (unpaired) electrons. The fourth-order valence-corrected chi connectivity index (χ4v) is 2.70. The van der Waals surface area contributed by atoms with Crippen LogP contribution in [0.5, 0.6) is 0 Å². The quantitative estimate of drug-likeness (QED) is 0.639. The summed E-state index contributed by atoms with van der Waals surface area (Å²) in [7, 11) is 0. The third kappa shape index (κ3) is 10.2. The van der Waals surface area contributed by atoms with Gasteiger partial charge in [0.05, 0.1) is 13.2 Å². The molecule has 0 bridgehead atoms. The molecule has 0 unspecified atom stereocenters. The molecule has 0 aliphatic carbocycles. The lowest BCUT2D eigenvalue weighted by atomic mass is 9.97. The maximum absolute atomic E-state index is 5.72. The van der Waals surface area contributed by atoms with Crippen LogP contribution in [-0.2, 0) is 4.74 Å². The largest absolute Gasteiger partial charge is 0.379 e. The van der Waals surface area contributed by atoms with Gasteiger partial charge in [0.25, 0.3) is 0 Å². The molecule has 0 atom stereocenters. The Morgan fingerprint density at radius 2 is 1.81 bits per heavy atom. The van der Waals surface area contributed by atoms with Crippen molar-refractivity contribution in [3.05, 3.63) is 0 Å². The number of hydrogen-bond acceptors (Lipinski definition) is 4. The van der Waals surface area contributed by atoms with E-state index in [9.17, 15) is 0 Å². The van der Waals surface area contributed by atoms with Crippen molar-refractivity contribution in [3.8, 4) is 0 Å². The van der Waals surface area contributed by atoms with Crippen LogP contribution in [0.4, 0.5) is 0 Å². The number of nitrogens with one attached hydrogen (secondary N) is 2. The van der Waals surface area contributed by atoms with Gasteiger partial charge in [-0.15, -0.1) is 0 Å². The molecule has 1 aliphatic heterocycles. The van der Waals surface area contributed by atoms with Crippen LogP contribution in [0.25, 0.3) is 0 Å². The molecule has 0 aromatic carbocycles. The lowest BCUT2D eigenvalue weighted by molar-refractivity contribution is 0.0916. The summed E-state index contributed by atoms with van der Waals surface area (Å²) in [6.45, 7) is 18.4. The maximum Gasteiger partial charge on any atom is 0.0594 e. The van der Waals surface area contributed by atoms with Crippen LogP contribution in [0.2, 0.25) is 0 Å². The molecule has 1 saturated heterocycles. The van der Waals surface area contributed by atoms with Crippen LogP contribution < -0.4 is 10.6 Å². The molecular weight excluding hydrogens is 262 g/mol. The standard InChI is InChI=1S/C17H37N3O/c1-15(2)19-16-6-9-20(10-7-16)11-13-21-12-8-18-14-17(3,4)5/h15-16,18-19H,6-14H2,1-5H3. The van der Waals surface area contributed by atoms with E-state index in [2.05, 4.69) is 50.2 Å². The number of piperidine rings is 1. The van der Waals surface area contributed by atoms with Gasteiger partial charge in [-0.2, -0.15) is 0 Å². The van der Waals surface area contributed by atoms with Crippen LogP contribution in [0, 0.1) is 5.41 Å². The van der Waals surface area contributed by atoms with Crippen LogP contribution in [0.3, 0.4) is 0 Å². The maximum atomic E-state index is 5.72. The number of hydrogen-bond donors (Lipinski definition) is 2. The van der Waals surface area contributed by atoms with Gasteiger partial charge in [-0.1, -0.05) is 34.6 Å². The molecule has 0 aromatic heterocycles. The average Bonchev–Trinajstić information content (AvgIpc) is 2.37. The van der Waals surface area contributed by atoms with E-state index in [0.717, 1.165) is 32.8 Å². The second-order valence-electron chi connectivity index (χ2n) is 7.79. The number of likely N-dealkylation sites (tertiary alicyclic amines) is 1. The number of rotatable bonds is 9. The smallest absolute Gasteiger partial charge is 0.0594 e. The van der Waals surface area contributed by atoms with E-state index in [-0.39, 0.29) is 0 Å². The van der Waals surface area contributed by atoms with Crippen LogP contribution in [0.1, 0.15) is 47.5 Å². The Morgan fingerprint density at radius 1 is 1.14 bits per heavy atom. The molecule has 4 nitrogen and oxygen atoms in total. The highest BCUT2D eigenvalue weighted by atomic mass is 16.5. The second kappa shape index (κ2) is 9.78. The van der Waals surface area contributed by atoms with Crippen molar-refractivity contribution in [2.75, 3.05) is 45.9 Å². The van der Waals surface area contributed by atoms with Crippen molar-refractivity contribution < 1.29 is 4.74 Å². The first kappa shape index (κ1) is 18.9. The minimum Gasteiger partial charge on any atom is -0.379 e. The van der Waals surface area contributed by atoms with Gasteiger partial charge >= 0.3 is 0 Å². The fourth-order valence-electron chi connectivity index (χ4n) is 2.70. The molecule has 1 fully saturated rings. The fraction of sp³-hybridized carbons (Fsp3) is 1.00. The van der Waals surface area contributed by atoms with E-state index < -0.39 is 0 Å². The molecule has 1 aliphatic rings. The molecular formula is C17H37N3O. The summed E-state index contributed by atoms with van der Waals surface area (Å²) in [5.41, 5.74) is 0.356. The molecule has 4 heteroatoms. The Bertz CT molecular complexity index is 255. The predicted molar refractivity (Wildman–Crippen MR) is 90.9 cm³/mol. The average molecular weight is 300 g/mol. The normalized spacial score (nSPS) is 18.6. The molecule has 2 N–H and O–H groups in total. The molecule has 0 saturated carbocycles. The Labute approximate surface area is 132 Å². The SMILES string of the molecule is CC(C)NC1CCN(CCOCCNCC(C)(C)C)CC1. The molecule has 0 amide bonds. The monoisotopic (exact) mass is 299 g/mol. The lowest BCUT2D eigenvalue weighted by Crippen LogP contribution is -2.45. The van der Waals surface area contributed by atoms with Gasteiger partial charge in [0.15, 0.2) is 0 Å². The van der Waals surface area contributed by atoms with Gasteiger partial charge in [0.2, 0.25) is 0 Å². The van der Waals surface area contributed by atoms with E-state index in [0.29, 0.717) is 17.5 Å². The van der Waals surface area contributed by atoms with Gasteiger partial charge in [-0.05, 0) is 31.3 Å². The molecule has 0 spiro atoms. The lowest BCUT2D eigenvalue weighted by Gasteiger charge is -2.33. The highest BCUT2D eigenvalue weighted by Gasteiger charge is 2.18. The topological polar surface area (TPSA) is 36.5 Å². The van der Waals surface area contributed by atoms with Crippen molar-refractivity contribution in [1.29, 1.82) is 0 Å². The summed E-state index contributed by atoms with van der Waals surface area (Å²) in [5.74, 6) is 0. The summed E-state index contributed by atoms with van der Waals surface area (Å²) in [6, 6.07) is 1.31. The van der Waals surface area contributed by atoms with Crippen molar-refractivity contribution in [1.82, 2.24) is 15.5 Å². The summed E-state index contributed by atoms with van der Waals surface area (Å²) in [4.78, 5) is 2.53. The van der Waals surface area contributed by atoms with Crippen LogP contribution >= 0.6 is 0 Å². The van der Waals surface area contributed by atoms with Gasteiger partial charge < -0.3 is 20.3 Å².